The molecule has 0 spiro atoms. The van der Waals surface area contributed by atoms with Crippen molar-refractivity contribution in [2.24, 2.45) is 0 Å². The third-order valence-corrected chi connectivity index (χ3v) is 6.10. The van der Waals surface area contributed by atoms with E-state index in [1.165, 1.54) is 11.8 Å². The molecule has 1 heterocycles. The molecule has 2 N–H and O–H groups in total. The zero-order valence-corrected chi connectivity index (χ0v) is 20.4. The summed E-state index contributed by atoms with van der Waals surface area (Å²) in [7, 11) is 1.59. The number of benzene rings is 2. The first kappa shape index (κ1) is 25.0. The minimum absolute atomic E-state index is 0.0443. The lowest BCUT2D eigenvalue weighted by molar-refractivity contribution is -0.116. The minimum Gasteiger partial charge on any atom is -0.497 e. The quantitative estimate of drug-likeness (QED) is 0.315. The molecular weight excluding hydrogens is 450 g/mol. The van der Waals surface area contributed by atoms with Crippen LogP contribution in [0.3, 0.4) is 0 Å². The van der Waals surface area contributed by atoms with E-state index in [-0.39, 0.29) is 24.0 Å². The molecule has 0 aliphatic carbocycles. The number of hydrogen-bond donors (Lipinski definition) is 2. The number of allylic oxidation sites excluding steroid dienone is 1. The van der Waals surface area contributed by atoms with Crippen LogP contribution in [0.25, 0.3) is 0 Å². The standard InChI is InChI=1S/C25H29N5O3S/c1-5-14-30-21(15-22(31)26-19-10-12-20(33-4)13-11-19)28-29-25(30)34-16-23(32)27-24-17(3)8-7-9-18(24)6-2/h5,7-13H,1,6,14-16H2,2-4H3,(H,26,31)(H,27,32). The molecule has 0 atom stereocenters. The van der Waals surface area contributed by atoms with Gasteiger partial charge in [-0.3, -0.25) is 9.59 Å². The summed E-state index contributed by atoms with van der Waals surface area (Å²) in [6.07, 6.45) is 2.59. The van der Waals surface area contributed by atoms with Crippen molar-refractivity contribution in [1.82, 2.24) is 14.8 Å². The highest BCUT2D eigenvalue weighted by Gasteiger charge is 2.17. The average molecular weight is 480 g/mol. The molecule has 0 saturated carbocycles. The van der Waals surface area contributed by atoms with Crippen molar-refractivity contribution in [1.29, 1.82) is 0 Å². The van der Waals surface area contributed by atoms with Gasteiger partial charge in [0.2, 0.25) is 11.8 Å². The van der Waals surface area contributed by atoms with E-state index in [4.69, 9.17) is 4.74 Å². The van der Waals surface area contributed by atoms with Gasteiger partial charge in [0.05, 0.1) is 19.3 Å². The number of ether oxygens (including phenoxy) is 1. The molecule has 8 nitrogen and oxygen atoms in total. The number of anilines is 2. The highest BCUT2D eigenvalue weighted by Crippen LogP contribution is 2.23. The number of aryl methyl sites for hydroxylation is 2. The Balaban J connectivity index is 1.63. The zero-order valence-electron chi connectivity index (χ0n) is 19.6. The van der Waals surface area contributed by atoms with Crippen molar-refractivity contribution in [2.75, 3.05) is 23.5 Å². The Hall–Kier alpha value is -3.59. The Labute approximate surface area is 203 Å². The van der Waals surface area contributed by atoms with E-state index in [1.54, 1.807) is 42.0 Å². The third kappa shape index (κ3) is 6.48. The first-order valence-corrected chi connectivity index (χ1v) is 11.9. The van der Waals surface area contributed by atoms with Crippen molar-refractivity contribution in [3.63, 3.8) is 0 Å². The zero-order chi connectivity index (χ0) is 24.5. The van der Waals surface area contributed by atoms with Gasteiger partial charge in [-0.25, -0.2) is 0 Å². The lowest BCUT2D eigenvalue weighted by Gasteiger charge is -2.13. The first-order valence-electron chi connectivity index (χ1n) is 10.9. The minimum atomic E-state index is -0.219. The number of methoxy groups -OCH3 is 1. The van der Waals surface area contributed by atoms with Crippen molar-refractivity contribution in [2.45, 2.75) is 38.4 Å². The van der Waals surface area contributed by atoms with Gasteiger partial charge < -0.3 is 19.9 Å². The summed E-state index contributed by atoms with van der Waals surface area (Å²) in [6, 6.07) is 13.1. The molecule has 3 aromatic rings. The third-order valence-electron chi connectivity index (χ3n) is 5.13. The second-order valence-corrected chi connectivity index (χ2v) is 8.49. The molecule has 178 valence electrons. The summed E-state index contributed by atoms with van der Waals surface area (Å²) >= 11 is 1.27. The normalized spacial score (nSPS) is 10.6. The van der Waals surface area contributed by atoms with Gasteiger partial charge in [0, 0.05) is 17.9 Å². The number of hydrogen-bond acceptors (Lipinski definition) is 6. The summed E-state index contributed by atoms with van der Waals surface area (Å²) in [5.74, 6) is 1.04. The fourth-order valence-corrected chi connectivity index (χ4v) is 4.17. The summed E-state index contributed by atoms with van der Waals surface area (Å²) in [6.45, 7) is 8.25. The van der Waals surface area contributed by atoms with Crippen molar-refractivity contribution >= 4 is 35.0 Å². The predicted octanol–water partition coefficient (Wildman–Crippen LogP) is 4.26. The number of thioether (sulfide) groups is 1. The molecule has 1 aromatic heterocycles. The molecule has 2 amide bonds. The van der Waals surface area contributed by atoms with Crippen LogP contribution in [0.5, 0.6) is 5.75 Å². The molecule has 2 aromatic carbocycles. The SMILES string of the molecule is C=CCn1c(CC(=O)Nc2ccc(OC)cc2)nnc1SCC(=O)Nc1c(C)cccc1CC. The number of para-hydroxylation sites is 1. The molecule has 9 heteroatoms. The van der Waals surface area contributed by atoms with Crippen molar-refractivity contribution in [3.8, 4) is 5.75 Å². The monoisotopic (exact) mass is 479 g/mol. The Kier molecular flexibility index (Phi) is 8.86. The van der Waals surface area contributed by atoms with E-state index >= 15 is 0 Å². The summed E-state index contributed by atoms with van der Waals surface area (Å²) < 4.78 is 6.93. The molecule has 3 rings (SSSR count). The van der Waals surface area contributed by atoms with Gasteiger partial charge in [-0.15, -0.1) is 16.8 Å². The summed E-state index contributed by atoms with van der Waals surface area (Å²) in [5.41, 5.74) is 3.64. The molecule has 0 radical (unpaired) electrons. The Morgan fingerprint density at radius 1 is 1.12 bits per heavy atom. The number of rotatable bonds is 11. The number of carbonyl (C=O) groups is 2. The van der Waals surface area contributed by atoms with Crippen LogP contribution in [0.15, 0.2) is 60.3 Å². The Bertz CT molecular complexity index is 1160. The molecular formula is C25H29N5O3S. The van der Waals surface area contributed by atoms with Gasteiger partial charge >= 0.3 is 0 Å². The first-order chi connectivity index (χ1) is 16.4. The smallest absolute Gasteiger partial charge is 0.234 e. The van der Waals surface area contributed by atoms with Gasteiger partial charge in [-0.2, -0.15) is 0 Å². The second-order valence-electron chi connectivity index (χ2n) is 7.55. The molecule has 34 heavy (non-hydrogen) atoms. The molecule has 0 aliphatic rings. The molecule has 0 aliphatic heterocycles. The molecule has 0 bridgehead atoms. The maximum absolute atomic E-state index is 12.6. The highest BCUT2D eigenvalue weighted by molar-refractivity contribution is 7.99. The van der Waals surface area contributed by atoms with E-state index in [0.29, 0.717) is 29.0 Å². The average Bonchev–Trinajstić information content (AvgIpc) is 3.20. The Morgan fingerprint density at radius 2 is 1.88 bits per heavy atom. The number of nitrogens with zero attached hydrogens (tertiary/aromatic N) is 3. The number of aromatic nitrogens is 3. The van der Waals surface area contributed by atoms with Gasteiger partial charge in [0.25, 0.3) is 0 Å². The second kappa shape index (κ2) is 12.0. The van der Waals surface area contributed by atoms with E-state index in [0.717, 1.165) is 23.2 Å². The fourth-order valence-electron chi connectivity index (χ4n) is 3.40. The lowest BCUT2D eigenvalue weighted by Crippen LogP contribution is -2.18. The summed E-state index contributed by atoms with van der Waals surface area (Å²) in [4.78, 5) is 25.2. The van der Waals surface area contributed by atoms with E-state index in [2.05, 4.69) is 34.3 Å². The largest absolute Gasteiger partial charge is 0.497 e. The van der Waals surface area contributed by atoms with Crippen LogP contribution in [0.4, 0.5) is 11.4 Å². The lowest BCUT2D eigenvalue weighted by atomic mass is 10.1. The fraction of sp³-hybridized carbons (Fsp3) is 0.280. The highest BCUT2D eigenvalue weighted by atomic mass is 32.2. The van der Waals surface area contributed by atoms with Gasteiger partial charge in [0.1, 0.15) is 11.6 Å². The van der Waals surface area contributed by atoms with Crippen LogP contribution in [0, 0.1) is 6.92 Å². The van der Waals surface area contributed by atoms with Gasteiger partial charge in [0.15, 0.2) is 5.16 Å². The van der Waals surface area contributed by atoms with Crippen LogP contribution in [0.2, 0.25) is 0 Å². The van der Waals surface area contributed by atoms with E-state index in [1.807, 2.05) is 25.1 Å². The number of nitrogens with one attached hydrogen (secondary N) is 2. The molecule has 0 saturated heterocycles. The van der Waals surface area contributed by atoms with Crippen molar-refractivity contribution < 1.29 is 14.3 Å². The van der Waals surface area contributed by atoms with Crippen LogP contribution >= 0.6 is 11.8 Å². The predicted molar refractivity (Wildman–Crippen MR) is 135 cm³/mol. The number of carbonyl (C=O) groups excluding carboxylic acids is 2. The maximum Gasteiger partial charge on any atom is 0.234 e. The van der Waals surface area contributed by atoms with Gasteiger partial charge in [-0.1, -0.05) is 43.0 Å². The van der Waals surface area contributed by atoms with E-state index < -0.39 is 0 Å². The van der Waals surface area contributed by atoms with Crippen LogP contribution < -0.4 is 15.4 Å². The van der Waals surface area contributed by atoms with Crippen molar-refractivity contribution in [3.05, 3.63) is 72.1 Å². The van der Waals surface area contributed by atoms with Gasteiger partial charge in [-0.05, 0) is 48.7 Å². The topological polar surface area (TPSA) is 98.1 Å². The maximum atomic E-state index is 12.6. The van der Waals surface area contributed by atoms with E-state index in [9.17, 15) is 9.59 Å². The summed E-state index contributed by atoms with van der Waals surface area (Å²) in [5, 5.41) is 14.8. The van der Waals surface area contributed by atoms with Crippen LogP contribution in [0.1, 0.15) is 23.9 Å². The van der Waals surface area contributed by atoms with Crippen LogP contribution in [-0.4, -0.2) is 39.4 Å². The number of amides is 2. The molecule has 0 fully saturated rings. The Morgan fingerprint density at radius 3 is 2.56 bits per heavy atom. The van der Waals surface area contributed by atoms with Crippen LogP contribution in [-0.2, 0) is 29.0 Å². The molecule has 0 unspecified atom stereocenters.